The first-order chi connectivity index (χ1) is 15.9. The molecule has 0 spiro atoms. The molecule has 0 amide bonds. The van der Waals surface area contributed by atoms with Crippen LogP contribution in [0.25, 0.3) is 43.4 Å². The number of fused-ring (bicyclic) bond motifs is 8. The molecule has 0 atom stereocenters. The Labute approximate surface area is 195 Å². The Hall–Kier alpha value is -3.20. The number of rotatable bonds is 1. The van der Waals surface area contributed by atoms with Crippen LogP contribution in [0.5, 0.6) is 0 Å². The van der Waals surface area contributed by atoms with Gasteiger partial charge in [0.2, 0.25) is 0 Å². The second-order valence-corrected chi connectivity index (χ2v) is 10.3. The maximum atomic E-state index is 2.39. The summed E-state index contributed by atoms with van der Waals surface area (Å²) in [5.41, 5.74) is 2.59. The molecule has 0 bridgehead atoms. The van der Waals surface area contributed by atoms with E-state index in [1.807, 2.05) is 23.5 Å². The lowest BCUT2D eigenvalue weighted by molar-refractivity contribution is 1.16. The molecule has 1 aliphatic heterocycles. The topological polar surface area (TPSA) is 0 Å². The lowest BCUT2D eigenvalue weighted by atomic mass is 9.92. The fourth-order valence-corrected chi connectivity index (χ4v) is 7.25. The Kier molecular flexibility index (Phi) is 4.11. The second-order valence-electron chi connectivity index (χ2n) is 8.14. The van der Waals surface area contributed by atoms with Crippen molar-refractivity contribution in [1.29, 1.82) is 0 Å². The van der Waals surface area contributed by atoms with Crippen molar-refractivity contribution in [3.05, 3.63) is 109 Å². The van der Waals surface area contributed by atoms with Gasteiger partial charge in [-0.15, -0.1) is 0 Å². The first-order valence-corrected chi connectivity index (χ1v) is 12.4. The normalized spacial score (nSPS) is 12.8. The number of hydrogen-bond acceptors (Lipinski definition) is 2. The van der Waals surface area contributed by atoms with Crippen LogP contribution in [0.2, 0.25) is 0 Å². The third-order valence-electron chi connectivity index (χ3n) is 6.32. The molecule has 0 saturated heterocycles. The van der Waals surface area contributed by atoms with E-state index in [4.69, 9.17) is 0 Å². The minimum atomic E-state index is 1.28. The summed E-state index contributed by atoms with van der Waals surface area (Å²) >= 11 is 3.77. The first-order valence-electron chi connectivity index (χ1n) is 10.8. The monoisotopic (exact) mass is 442 g/mol. The Bertz CT molecular complexity index is 1640. The quantitative estimate of drug-likeness (QED) is 0.232. The summed E-state index contributed by atoms with van der Waals surface area (Å²) in [6, 6.07) is 40.0. The van der Waals surface area contributed by atoms with Gasteiger partial charge in [0.1, 0.15) is 0 Å². The van der Waals surface area contributed by atoms with Gasteiger partial charge in [0.05, 0.1) is 0 Å². The highest BCUT2D eigenvalue weighted by Gasteiger charge is 2.20. The van der Waals surface area contributed by atoms with Crippen molar-refractivity contribution >= 4 is 55.8 Å². The molecule has 150 valence electrons. The van der Waals surface area contributed by atoms with E-state index < -0.39 is 0 Å². The maximum Gasteiger partial charge on any atom is 0.0340 e. The van der Waals surface area contributed by atoms with Gasteiger partial charge in [-0.3, -0.25) is 0 Å². The average molecular weight is 443 g/mol. The zero-order valence-electron chi connectivity index (χ0n) is 17.2. The van der Waals surface area contributed by atoms with Crippen LogP contribution in [0, 0.1) is 0 Å². The summed E-state index contributed by atoms with van der Waals surface area (Å²) in [6.07, 6.45) is 0. The molecule has 2 heteroatoms. The highest BCUT2D eigenvalue weighted by atomic mass is 32.2. The van der Waals surface area contributed by atoms with Crippen LogP contribution in [0.3, 0.4) is 0 Å². The summed E-state index contributed by atoms with van der Waals surface area (Å²) in [5, 5.41) is 7.93. The van der Waals surface area contributed by atoms with Gasteiger partial charge in [0.15, 0.2) is 0 Å². The fourth-order valence-electron chi connectivity index (χ4n) is 4.85. The molecule has 0 saturated carbocycles. The van der Waals surface area contributed by atoms with Crippen molar-refractivity contribution < 1.29 is 0 Å². The van der Waals surface area contributed by atoms with Gasteiger partial charge in [-0.05, 0) is 67.7 Å². The fraction of sp³-hybridized carbons (Fsp3) is 0. The molecule has 0 nitrogen and oxygen atoms in total. The summed E-state index contributed by atoms with van der Waals surface area (Å²) in [6.45, 7) is 0. The van der Waals surface area contributed by atoms with E-state index in [0.29, 0.717) is 0 Å². The van der Waals surface area contributed by atoms with E-state index in [1.165, 1.54) is 63.0 Å². The van der Waals surface area contributed by atoms with E-state index in [1.54, 1.807) is 0 Å². The maximum absolute atomic E-state index is 2.39. The Morgan fingerprint density at radius 1 is 0.375 bits per heavy atom. The SMILES string of the molecule is c1ccc2c(c1)Sc1cccc(-c3ccc4c5ccccc5c5ccccc5c4c3)c1S2. The van der Waals surface area contributed by atoms with Crippen molar-refractivity contribution in [3.63, 3.8) is 0 Å². The molecule has 0 aromatic heterocycles. The third kappa shape index (κ3) is 2.73. The Balaban J connectivity index is 1.50. The van der Waals surface area contributed by atoms with Crippen LogP contribution >= 0.6 is 23.5 Å². The standard InChI is InChI=1S/C30H18S2/c1-2-10-23-21(8-1)22-9-3-4-11-24(22)26-18-19(16-17-25(23)26)20-12-7-15-29-30(20)32-28-14-6-5-13-27(28)31-29/h1-18H. The predicted molar refractivity (Wildman–Crippen MR) is 139 cm³/mol. The highest BCUT2D eigenvalue weighted by Crippen LogP contribution is 2.52. The van der Waals surface area contributed by atoms with Gasteiger partial charge in [0, 0.05) is 19.6 Å². The van der Waals surface area contributed by atoms with Gasteiger partial charge < -0.3 is 0 Å². The molecule has 0 aliphatic carbocycles. The van der Waals surface area contributed by atoms with Crippen molar-refractivity contribution in [2.75, 3.05) is 0 Å². The van der Waals surface area contributed by atoms with Crippen LogP contribution in [-0.4, -0.2) is 0 Å². The molecule has 1 aliphatic rings. The Morgan fingerprint density at radius 3 is 1.59 bits per heavy atom. The zero-order chi connectivity index (χ0) is 21.1. The van der Waals surface area contributed by atoms with Gasteiger partial charge in [-0.1, -0.05) is 108 Å². The van der Waals surface area contributed by atoms with Crippen LogP contribution in [-0.2, 0) is 0 Å². The van der Waals surface area contributed by atoms with Gasteiger partial charge in [-0.2, -0.15) is 0 Å². The van der Waals surface area contributed by atoms with E-state index in [-0.39, 0.29) is 0 Å². The summed E-state index contributed by atoms with van der Waals surface area (Å²) < 4.78 is 0. The van der Waals surface area contributed by atoms with Gasteiger partial charge in [-0.25, -0.2) is 0 Å². The minimum Gasteiger partial charge on any atom is -0.0877 e. The number of hydrogen-bond donors (Lipinski definition) is 0. The molecule has 0 N–H and O–H groups in total. The molecule has 6 aromatic rings. The smallest absolute Gasteiger partial charge is 0.0340 e. The van der Waals surface area contributed by atoms with Gasteiger partial charge >= 0.3 is 0 Å². The largest absolute Gasteiger partial charge is 0.0877 e. The molecule has 6 aromatic carbocycles. The van der Waals surface area contributed by atoms with E-state index in [0.717, 1.165) is 0 Å². The van der Waals surface area contributed by atoms with Crippen LogP contribution in [0.4, 0.5) is 0 Å². The second kappa shape index (κ2) is 7.16. The number of benzene rings is 6. The van der Waals surface area contributed by atoms with E-state index in [9.17, 15) is 0 Å². The van der Waals surface area contributed by atoms with Gasteiger partial charge in [0.25, 0.3) is 0 Å². The molecule has 32 heavy (non-hydrogen) atoms. The van der Waals surface area contributed by atoms with E-state index in [2.05, 4.69) is 109 Å². The first kappa shape index (κ1) is 18.4. The summed E-state index contributed by atoms with van der Waals surface area (Å²) in [7, 11) is 0. The molecule has 0 radical (unpaired) electrons. The highest BCUT2D eigenvalue weighted by molar-refractivity contribution is 8.05. The molecular formula is C30H18S2. The van der Waals surface area contributed by atoms with E-state index >= 15 is 0 Å². The summed E-state index contributed by atoms with van der Waals surface area (Å²) in [4.78, 5) is 5.39. The van der Waals surface area contributed by atoms with Crippen molar-refractivity contribution in [3.8, 4) is 11.1 Å². The predicted octanol–water partition coefficient (Wildman–Crippen LogP) is 9.43. The lowest BCUT2D eigenvalue weighted by Crippen LogP contribution is -1.92. The summed E-state index contributed by atoms with van der Waals surface area (Å²) in [5.74, 6) is 0. The Morgan fingerprint density at radius 2 is 0.906 bits per heavy atom. The van der Waals surface area contributed by atoms with Crippen molar-refractivity contribution in [2.45, 2.75) is 19.6 Å². The van der Waals surface area contributed by atoms with Crippen molar-refractivity contribution in [1.82, 2.24) is 0 Å². The van der Waals surface area contributed by atoms with Crippen LogP contribution in [0.15, 0.2) is 129 Å². The van der Waals surface area contributed by atoms with Crippen LogP contribution in [0.1, 0.15) is 0 Å². The minimum absolute atomic E-state index is 1.28. The van der Waals surface area contributed by atoms with Crippen molar-refractivity contribution in [2.24, 2.45) is 0 Å². The molecule has 0 fully saturated rings. The lowest BCUT2D eigenvalue weighted by Gasteiger charge is -2.21. The molecule has 1 heterocycles. The molecular weight excluding hydrogens is 424 g/mol. The van der Waals surface area contributed by atoms with Crippen LogP contribution < -0.4 is 0 Å². The average Bonchev–Trinajstić information content (AvgIpc) is 2.87. The third-order valence-corrected chi connectivity index (χ3v) is 8.93. The zero-order valence-corrected chi connectivity index (χ0v) is 18.8. The molecule has 0 unspecified atom stereocenters. The molecule has 7 rings (SSSR count).